The topological polar surface area (TPSA) is 72.7 Å². The smallest absolute Gasteiger partial charge is 0.226 e. The Morgan fingerprint density at radius 1 is 1.37 bits per heavy atom. The average Bonchev–Trinajstić information content (AvgIpc) is 2.81. The second kappa shape index (κ2) is 6.89. The fourth-order valence-electron chi connectivity index (χ4n) is 1.47. The van der Waals surface area contributed by atoms with E-state index in [-0.39, 0.29) is 12.3 Å². The van der Waals surface area contributed by atoms with Crippen molar-refractivity contribution in [3.05, 3.63) is 36.7 Å². The molecule has 0 aliphatic rings. The van der Waals surface area contributed by atoms with Gasteiger partial charge < -0.3 is 9.88 Å². The van der Waals surface area contributed by atoms with E-state index in [1.54, 1.807) is 36.5 Å². The number of rotatable bonds is 6. The molecule has 2 rings (SSSR count). The van der Waals surface area contributed by atoms with Crippen LogP contribution in [0.25, 0.3) is 0 Å². The van der Waals surface area contributed by atoms with Gasteiger partial charge in [0.1, 0.15) is 0 Å². The summed E-state index contributed by atoms with van der Waals surface area (Å²) in [5.74, 6) is 0.748. The van der Waals surface area contributed by atoms with E-state index in [9.17, 15) is 4.79 Å². The highest BCUT2D eigenvalue weighted by Gasteiger charge is 2.04. The molecule has 0 aliphatic carbocycles. The van der Waals surface area contributed by atoms with Crippen LogP contribution in [0.15, 0.2) is 36.1 Å². The van der Waals surface area contributed by atoms with E-state index in [0.29, 0.717) is 12.2 Å². The van der Waals surface area contributed by atoms with Crippen LogP contribution in [0.4, 0.5) is 0 Å². The minimum absolute atomic E-state index is 0.0408. The number of hydrogen-bond donors (Lipinski definition) is 1. The van der Waals surface area contributed by atoms with Gasteiger partial charge in [-0.2, -0.15) is 0 Å². The number of carbonyl (C=O) groups is 1. The van der Waals surface area contributed by atoms with Crippen LogP contribution in [-0.4, -0.2) is 37.7 Å². The molecule has 2 aromatic heterocycles. The van der Waals surface area contributed by atoms with Gasteiger partial charge in [-0.05, 0) is 0 Å². The molecule has 2 aromatic rings. The third kappa shape index (κ3) is 4.36. The third-order valence-electron chi connectivity index (χ3n) is 2.39. The number of amides is 1. The minimum Gasteiger partial charge on any atom is -0.355 e. The number of imidazole rings is 1. The Balaban J connectivity index is 1.66. The predicted octanol–water partition coefficient (Wildman–Crippen LogP) is 0.661. The highest BCUT2D eigenvalue weighted by molar-refractivity contribution is 7.99. The predicted molar refractivity (Wildman–Crippen MR) is 72.7 cm³/mol. The maximum Gasteiger partial charge on any atom is 0.226 e. The van der Waals surface area contributed by atoms with Gasteiger partial charge in [0.15, 0.2) is 5.16 Å². The number of aromatic nitrogens is 4. The van der Waals surface area contributed by atoms with Gasteiger partial charge in [0.2, 0.25) is 5.91 Å². The number of nitrogens with zero attached hydrogens (tertiary/aromatic N) is 4. The van der Waals surface area contributed by atoms with Crippen molar-refractivity contribution in [2.24, 2.45) is 7.05 Å². The lowest BCUT2D eigenvalue weighted by Gasteiger charge is -2.04. The monoisotopic (exact) mass is 277 g/mol. The minimum atomic E-state index is -0.0408. The summed E-state index contributed by atoms with van der Waals surface area (Å²) in [5, 5.41) is 3.80. The first kappa shape index (κ1) is 13.5. The molecule has 0 aromatic carbocycles. The van der Waals surface area contributed by atoms with Crippen molar-refractivity contribution in [2.75, 3.05) is 12.3 Å². The van der Waals surface area contributed by atoms with Crippen molar-refractivity contribution in [3.63, 3.8) is 0 Å². The Labute approximate surface area is 115 Å². The van der Waals surface area contributed by atoms with E-state index in [1.807, 2.05) is 17.8 Å². The average molecular weight is 277 g/mol. The normalized spacial score (nSPS) is 10.4. The number of hydrogen-bond acceptors (Lipinski definition) is 5. The first-order valence-corrected chi connectivity index (χ1v) is 6.86. The van der Waals surface area contributed by atoms with E-state index in [1.165, 1.54) is 0 Å². The zero-order valence-electron chi connectivity index (χ0n) is 10.6. The van der Waals surface area contributed by atoms with Crippen LogP contribution in [0.1, 0.15) is 5.69 Å². The summed E-state index contributed by atoms with van der Waals surface area (Å²) >= 11 is 1.61. The van der Waals surface area contributed by atoms with E-state index >= 15 is 0 Å². The largest absolute Gasteiger partial charge is 0.355 e. The Bertz CT molecular complexity index is 528. The van der Waals surface area contributed by atoms with Crippen molar-refractivity contribution in [2.45, 2.75) is 11.6 Å². The maximum absolute atomic E-state index is 11.6. The lowest BCUT2D eigenvalue weighted by molar-refractivity contribution is -0.120. The van der Waals surface area contributed by atoms with E-state index in [0.717, 1.165) is 10.9 Å². The molecule has 0 radical (unpaired) electrons. The molecule has 1 N–H and O–H groups in total. The van der Waals surface area contributed by atoms with Crippen molar-refractivity contribution >= 4 is 17.7 Å². The molecule has 19 heavy (non-hydrogen) atoms. The van der Waals surface area contributed by atoms with Crippen molar-refractivity contribution < 1.29 is 4.79 Å². The first-order chi connectivity index (χ1) is 9.25. The second-order valence-electron chi connectivity index (χ2n) is 3.89. The van der Waals surface area contributed by atoms with Gasteiger partial charge in [-0.3, -0.25) is 14.8 Å². The fraction of sp³-hybridized carbons (Fsp3) is 0.333. The molecular weight excluding hydrogens is 262 g/mol. The summed E-state index contributed by atoms with van der Waals surface area (Å²) in [6.45, 7) is 0.608. The lowest BCUT2D eigenvalue weighted by atomic mass is 10.3. The molecule has 0 spiro atoms. The van der Waals surface area contributed by atoms with Gasteiger partial charge in [0.05, 0.1) is 12.1 Å². The number of thioether (sulfide) groups is 1. The molecular formula is C12H15N5OS. The molecule has 0 bridgehead atoms. The lowest BCUT2D eigenvalue weighted by Crippen LogP contribution is -2.27. The van der Waals surface area contributed by atoms with Gasteiger partial charge >= 0.3 is 0 Å². The molecule has 6 nitrogen and oxygen atoms in total. The molecule has 100 valence electrons. The second-order valence-corrected chi connectivity index (χ2v) is 4.95. The highest BCUT2D eigenvalue weighted by atomic mass is 32.2. The maximum atomic E-state index is 11.6. The van der Waals surface area contributed by atoms with Gasteiger partial charge in [0.25, 0.3) is 0 Å². The molecule has 1 amide bonds. The zero-order valence-corrected chi connectivity index (χ0v) is 11.4. The van der Waals surface area contributed by atoms with E-state index in [4.69, 9.17) is 0 Å². The van der Waals surface area contributed by atoms with Gasteiger partial charge in [0, 0.05) is 50.3 Å². The van der Waals surface area contributed by atoms with Crippen LogP contribution in [0.3, 0.4) is 0 Å². The van der Waals surface area contributed by atoms with Crippen molar-refractivity contribution in [1.29, 1.82) is 0 Å². The quantitative estimate of drug-likeness (QED) is 0.620. The summed E-state index contributed by atoms with van der Waals surface area (Å²) in [7, 11) is 1.95. The molecule has 0 fully saturated rings. The summed E-state index contributed by atoms with van der Waals surface area (Å²) < 4.78 is 1.95. The SMILES string of the molecule is Cn1ccnc1SCCNC(=O)Cc1cnccn1. The van der Waals surface area contributed by atoms with Crippen LogP contribution >= 0.6 is 11.8 Å². The summed E-state index contributed by atoms with van der Waals surface area (Å²) in [4.78, 5) is 23.8. The molecule has 7 heteroatoms. The Morgan fingerprint density at radius 3 is 2.95 bits per heavy atom. The summed E-state index contributed by atoms with van der Waals surface area (Å²) in [5.41, 5.74) is 0.678. The third-order valence-corrected chi connectivity index (χ3v) is 3.45. The van der Waals surface area contributed by atoms with Crippen molar-refractivity contribution in [3.8, 4) is 0 Å². The van der Waals surface area contributed by atoms with Gasteiger partial charge in [-0.25, -0.2) is 4.98 Å². The standard InChI is InChI=1S/C12H15N5OS/c1-17-6-4-16-12(17)19-7-5-15-11(18)8-10-9-13-2-3-14-10/h2-4,6,9H,5,7-8H2,1H3,(H,15,18). The Kier molecular flexibility index (Phi) is 4.91. The summed E-state index contributed by atoms with van der Waals surface area (Å²) in [6, 6.07) is 0. The Morgan fingerprint density at radius 2 is 2.26 bits per heavy atom. The molecule has 0 saturated carbocycles. The van der Waals surface area contributed by atoms with Crippen LogP contribution in [0.2, 0.25) is 0 Å². The van der Waals surface area contributed by atoms with Crippen LogP contribution in [0, 0.1) is 0 Å². The molecule has 0 atom stereocenters. The molecule has 0 saturated heterocycles. The van der Waals surface area contributed by atoms with Crippen LogP contribution in [-0.2, 0) is 18.3 Å². The number of aryl methyl sites for hydroxylation is 1. The van der Waals surface area contributed by atoms with Crippen molar-refractivity contribution in [1.82, 2.24) is 24.8 Å². The van der Waals surface area contributed by atoms with Crippen LogP contribution in [0.5, 0.6) is 0 Å². The molecule has 2 heterocycles. The highest BCUT2D eigenvalue weighted by Crippen LogP contribution is 2.12. The van der Waals surface area contributed by atoms with Crippen LogP contribution < -0.4 is 5.32 Å². The fourth-order valence-corrected chi connectivity index (χ4v) is 2.26. The summed E-state index contributed by atoms with van der Waals surface area (Å²) in [6.07, 6.45) is 8.69. The van der Waals surface area contributed by atoms with E-state index in [2.05, 4.69) is 20.3 Å². The molecule has 0 unspecified atom stereocenters. The Hall–Kier alpha value is -1.89. The van der Waals surface area contributed by atoms with E-state index < -0.39 is 0 Å². The first-order valence-electron chi connectivity index (χ1n) is 5.87. The number of carbonyl (C=O) groups excluding carboxylic acids is 1. The van der Waals surface area contributed by atoms with Gasteiger partial charge in [-0.15, -0.1) is 0 Å². The number of nitrogens with one attached hydrogen (secondary N) is 1. The van der Waals surface area contributed by atoms with Gasteiger partial charge in [-0.1, -0.05) is 11.8 Å². The zero-order chi connectivity index (χ0) is 13.5. The molecule has 0 aliphatic heterocycles.